The van der Waals surface area contributed by atoms with Crippen molar-refractivity contribution in [3.63, 3.8) is 0 Å². The van der Waals surface area contributed by atoms with Crippen LogP contribution in [0.3, 0.4) is 0 Å². The highest BCUT2D eigenvalue weighted by Crippen LogP contribution is 2.23. The fourth-order valence-electron chi connectivity index (χ4n) is 4.34. The first-order valence-corrected chi connectivity index (χ1v) is 16.6. The molecule has 0 aromatic heterocycles. The Morgan fingerprint density at radius 3 is 2.07 bits per heavy atom. The molecule has 0 bridgehead atoms. The van der Waals surface area contributed by atoms with Gasteiger partial charge in [0.2, 0.25) is 21.8 Å². The third-order valence-corrected chi connectivity index (χ3v) is 7.79. The van der Waals surface area contributed by atoms with Crippen LogP contribution in [0.1, 0.15) is 72.8 Å². The minimum Gasteiger partial charge on any atom is -0.494 e. The molecule has 4 N–H and O–H groups in total. The number of benzene rings is 2. The Morgan fingerprint density at radius 1 is 0.909 bits per heavy atom. The lowest BCUT2D eigenvalue weighted by Gasteiger charge is -2.32. The molecule has 0 aliphatic heterocycles. The zero-order valence-corrected chi connectivity index (χ0v) is 28.0. The molecule has 0 saturated heterocycles. The van der Waals surface area contributed by atoms with E-state index in [2.05, 4.69) is 10.6 Å². The second-order valence-corrected chi connectivity index (χ2v) is 14.8. The van der Waals surface area contributed by atoms with Crippen LogP contribution in [-0.4, -0.2) is 51.0 Å². The molecule has 2 amide bonds. The zero-order valence-electron chi connectivity index (χ0n) is 26.4. The number of amides is 2. The van der Waals surface area contributed by atoms with Crippen molar-refractivity contribution in [1.82, 2.24) is 10.6 Å². The van der Waals surface area contributed by atoms with Crippen LogP contribution in [0.5, 0.6) is 5.75 Å². The van der Waals surface area contributed by atoms with Gasteiger partial charge in [-0.1, -0.05) is 44.5 Å². The molecular weight excluding hydrogens is 606 g/mol. The normalized spacial score (nSPS) is 13.5. The van der Waals surface area contributed by atoms with E-state index in [1.165, 1.54) is 12.1 Å². The summed E-state index contributed by atoms with van der Waals surface area (Å²) in [6.45, 7) is 11.5. The lowest BCUT2D eigenvalue weighted by Crippen LogP contribution is -2.55. The van der Waals surface area contributed by atoms with Crippen molar-refractivity contribution >= 4 is 39.4 Å². The van der Waals surface area contributed by atoms with Gasteiger partial charge in [-0.15, -0.1) is 0 Å². The van der Waals surface area contributed by atoms with Gasteiger partial charge in [0.15, 0.2) is 0 Å². The van der Waals surface area contributed by atoms with E-state index in [1.54, 1.807) is 57.2 Å². The van der Waals surface area contributed by atoms with Gasteiger partial charge in [0.05, 0.1) is 17.9 Å². The fraction of sp³-hybridized carbons (Fsp3) is 0.531. The van der Waals surface area contributed by atoms with E-state index in [-0.39, 0.29) is 23.8 Å². The third-order valence-electron chi connectivity index (χ3n) is 6.61. The quantitative estimate of drug-likeness (QED) is 0.185. The predicted molar refractivity (Wildman–Crippen MR) is 171 cm³/mol. The molecule has 244 valence electrons. The Bertz CT molecular complexity index is 1350. The van der Waals surface area contributed by atoms with Gasteiger partial charge in [-0.25, -0.2) is 13.6 Å². The van der Waals surface area contributed by atoms with Gasteiger partial charge >= 0.3 is 5.97 Å². The first-order valence-electron chi connectivity index (χ1n) is 14.7. The maximum Gasteiger partial charge on any atom is 0.307 e. The number of nitrogens with two attached hydrogens (primary N) is 1. The number of sulfonamides is 1. The highest BCUT2D eigenvalue weighted by molar-refractivity contribution is 7.89. The van der Waals surface area contributed by atoms with Gasteiger partial charge in [-0.3, -0.25) is 14.4 Å². The van der Waals surface area contributed by atoms with E-state index in [1.807, 2.05) is 20.8 Å². The van der Waals surface area contributed by atoms with Crippen molar-refractivity contribution in [2.45, 2.75) is 90.2 Å². The van der Waals surface area contributed by atoms with Gasteiger partial charge in [-0.2, -0.15) is 0 Å². The lowest BCUT2D eigenvalue weighted by molar-refractivity contribution is -0.157. The average molecular weight is 652 g/mol. The van der Waals surface area contributed by atoms with Gasteiger partial charge in [-0.05, 0) is 93.8 Å². The molecule has 0 heterocycles. The Kier molecular flexibility index (Phi) is 13.7. The van der Waals surface area contributed by atoms with E-state index >= 15 is 0 Å². The van der Waals surface area contributed by atoms with E-state index in [0.717, 1.165) is 5.56 Å². The number of primary sulfonamides is 1. The van der Waals surface area contributed by atoms with Crippen LogP contribution in [0.25, 0.3) is 0 Å². The number of rotatable bonds is 15. The minimum atomic E-state index is -3.79. The van der Waals surface area contributed by atoms with Crippen molar-refractivity contribution in [3.05, 3.63) is 59.1 Å². The number of nitrogens with one attached hydrogen (secondary N) is 2. The molecule has 0 radical (unpaired) electrons. The number of ether oxygens (including phenoxy) is 2. The summed E-state index contributed by atoms with van der Waals surface area (Å²) in [5.41, 5.74) is -0.511. The van der Waals surface area contributed by atoms with Crippen LogP contribution in [0, 0.1) is 11.3 Å². The van der Waals surface area contributed by atoms with E-state index < -0.39 is 44.9 Å². The highest BCUT2D eigenvalue weighted by Gasteiger charge is 2.35. The molecule has 10 nitrogen and oxygen atoms in total. The van der Waals surface area contributed by atoms with Gasteiger partial charge in [0, 0.05) is 17.5 Å². The second-order valence-electron chi connectivity index (χ2n) is 12.8. The number of hydrogen-bond acceptors (Lipinski definition) is 7. The lowest BCUT2D eigenvalue weighted by atomic mass is 9.85. The number of halogens is 1. The average Bonchev–Trinajstić information content (AvgIpc) is 2.89. The SMILES string of the molecule is CC(C)(C)OC(=O)C[C@@H](CCCCOc1ccc(Cl)cc1)C(=O)N[C@H](C(=O)NCCc1ccc(S(N)(=O)=O)cc1)C(C)(C)C. The molecule has 0 fully saturated rings. The monoisotopic (exact) mass is 651 g/mol. The predicted octanol–water partition coefficient (Wildman–Crippen LogP) is 4.77. The van der Waals surface area contributed by atoms with Crippen molar-refractivity contribution in [2.75, 3.05) is 13.2 Å². The summed E-state index contributed by atoms with van der Waals surface area (Å²) >= 11 is 5.92. The van der Waals surface area contributed by atoms with Crippen LogP contribution in [0.4, 0.5) is 0 Å². The van der Waals surface area contributed by atoms with Gasteiger partial charge in [0.1, 0.15) is 17.4 Å². The summed E-state index contributed by atoms with van der Waals surface area (Å²) in [6, 6.07) is 12.3. The molecule has 0 aliphatic rings. The number of carbonyl (C=O) groups excluding carboxylic acids is 3. The fourth-order valence-corrected chi connectivity index (χ4v) is 4.98. The van der Waals surface area contributed by atoms with Crippen LogP contribution in [0.15, 0.2) is 53.4 Å². The summed E-state index contributed by atoms with van der Waals surface area (Å²) in [6.07, 6.45) is 2.00. The largest absolute Gasteiger partial charge is 0.494 e. The van der Waals surface area contributed by atoms with E-state index in [0.29, 0.717) is 43.1 Å². The molecular formula is C32H46ClN3O7S. The summed E-state index contributed by atoms with van der Waals surface area (Å²) in [5, 5.41) is 11.5. The number of unbranched alkanes of at least 4 members (excludes halogenated alkanes) is 1. The number of carbonyl (C=O) groups is 3. The maximum atomic E-state index is 13.5. The Labute approximate surface area is 266 Å². The van der Waals surface area contributed by atoms with E-state index in [4.69, 9.17) is 26.2 Å². The van der Waals surface area contributed by atoms with E-state index in [9.17, 15) is 22.8 Å². The molecule has 2 rings (SSSR count). The summed E-state index contributed by atoms with van der Waals surface area (Å²) < 4.78 is 34.2. The van der Waals surface area contributed by atoms with Gasteiger partial charge in [0.25, 0.3) is 0 Å². The number of esters is 1. The van der Waals surface area contributed by atoms with Crippen molar-refractivity contribution in [1.29, 1.82) is 0 Å². The van der Waals surface area contributed by atoms with Crippen LogP contribution >= 0.6 is 11.6 Å². The summed E-state index contributed by atoms with van der Waals surface area (Å²) in [4.78, 5) is 39.5. The topological polar surface area (TPSA) is 154 Å². The molecule has 44 heavy (non-hydrogen) atoms. The smallest absolute Gasteiger partial charge is 0.307 e. The second kappa shape index (κ2) is 16.2. The van der Waals surface area contributed by atoms with Crippen molar-refractivity contribution < 1.29 is 32.3 Å². The molecule has 0 spiro atoms. The third kappa shape index (κ3) is 13.7. The molecule has 2 atom stereocenters. The first kappa shape index (κ1) is 37.0. The molecule has 2 aromatic rings. The van der Waals surface area contributed by atoms with Gasteiger partial charge < -0.3 is 20.1 Å². The first-order chi connectivity index (χ1) is 20.3. The summed E-state index contributed by atoms with van der Waals surface area (Å²) in [5.74, 6) is -1.25. The molecule has 0 saturated carbocycles. The van der Waals surface area contributed by atoms with Crippen molar-refractivity contribution in [2.24, 2.45) is 16.5 Å². The molecule has 0 aliphatic carbocycles. The highest BCUT2D eigenvalue weighted by atomic mass is 35.5. The zero-order chi connectivity index (χ0) is 33.1. The maximum absolute atomic E-state index is 13.5. The Balaban J connectivity index is 2.02. The van der Waals surface area contributed by atoms with Crippen LogP contribution < -0.4 is 20.5 Å². The number of hydrogen-bond donors (Lipinski definition) is 3. The Hall–Kier alpha value is -3.15. The Morgan fingerprint density at radius 2 is 1.52 bits per heavy atom. The molecule has 0 unspecified atom stereocenters. The minimum absolute atomic E-state index is 0.0100. The summed E-state index contributed by atoms with van der Waals surface area (Å²) in [7, 11) is -3.79. The molecule has 2 aromatic carbocycles. The standard InChI is InChI=1S/C32H46ClN3O7S/c1-31(2,3)28(30(39)35-19-18-22-10-16-26(17-11-22)44(34,40)41)36-29(38)23(21-27(37)43-32(4,5)6)9-7-8-20-42-25-14-12-24(33)13-15-25/h10-17,23,28H,7-9,18-21H2,1-6H3,(H,35,39)(H,36,38)(H2,34,40,41)/t23-,28-/m1/s1. The van der Waals surface area contributed by atoms with Crippen molar-refractivity contribution in [3.8, 4) is 5.75 Å². The van der Waals surface area contributed by atoms with Crippen LogP contribution in [-0.2, 0) is 35.6 Å². The molecule has 12 heteroatoms. The van der Waals surface area contributed by atoms with Crippen LogP contribution in [0.2, 0.25) is 5.02 Å².